The summed E-state index contributed by atoms with van der Waals surface area (Å²) in [5, 5.41) is 0. The topological polar surface area (TPSA) is 0 Å². The van der Waals surface area contributed by atoms with Crippen LogP contribution in [0.2, 0.25) is 0 Å². The minimum Gasteiger partial charge on any atom is -0.214 e. The van der Waals surface area contributed by atoms with Gasteiger partial charge in [-0.1, -0.05) is 0 Å². The first-order valence-electron chi connectivity index (χ1n) is 3.58. The summed E-state index contributed by atoms with van der Waals surface area (Å²) in [6, 6.07) is 20.0. The molecule has 1 heteroatoms. The Morgan fingerprint density at radius 2 is 0.917 bits per heavy atom. The van der Waals surface area contributed by atoms with E-state index >= 15 is 0 Å². The van der Waals surface area contributed by atoms with Crippen molar-refractivity contribution in [2.24, 2.45) is 0 Å². The van der Waals surface area contributed by atoms with Gasteiger partial charge in [-0.3, -0.25) is 0 Å². The van der Waals surface area contributed by atoms with E-state index in [1.807, 2.05) is 60.7 Å². The van der Waals surface area contributed by atoms with Crippen LogP contribution in [0, 0.1) is 0 Å². The molecule has 0 fully saturated rings. The monoisotopic (exact) mass is 200 g/mol. The van der Waals surface area contributed by atoms with Crippen LogP contribution in [0.25, 0.3) is 0 Å². The molecular formula is C11H12Fe-2. The molecule has 0 saturated heterocycles. The maximum absolute atomic E-state index is 3.00. The second kappa shape index (κ2) is 10.1. The van der Waals surface area contributed by atoms with Crippen molar-refractivity contribution in [2.75, 3.05) is 0 Å². The van der Waals surface area contributed by atoms with Gasteiger partial charge < -0.3 is 0 Å². The van der Waals surface area contributed by atoms with Gasteiger partial charge in [0.1, 0.15) is 0 Å². The summed E-state index contributed by atoms with van der Waals surface area (Å²) >= 11 is 3.00. The quantitative estimate of drug-likeness (QED) is 0.453. The Labute approximate surface area is 81.9 Å². The van der Waals surface area contributed by atoms with E-state index in [4.69, 9.17) is 0 Å². The molecule has 0 aliphatic heterocycles. The summed E-state index contributed by atoms with van der Waals surface area (Å²) < 4.78 is 0. The zero-order chi connectivity index (χ0) is 9.07. The molecule has 2 aromatic rings. The summed E-state index contributed by atoms with van der Waals surface area (Å²) in [6.45, 7) is 0. The van der Waals surface area contributed by atoms with E-state index in [2.05, 4.69) is 21.0 Å². The van der Waals surface area contributed by atoms with Crippen molar-refractivity contribution in [3.8, 4) is 0 Å². The first-order valence-corrected chi connectivity index (χ1v) is 4.36. The van der Waals surface area contributed by atoms with Crippen LogP contribution >= 0.6 is 0 Å². The van der Waals surface area contributed by atoms with Crippen molar-refractivity contribution < 1.29 is 15.6 Å². The van der Waals surface area contributed by atoms with Gasteiger partial charge in [-0.05, 0) is 0 Å². The fourth-order valence-electron chi connectivity index (χ4n) is 0.642. The molecule has 0 amide bonds. The molecule has 0 unspecified atom stereocenters. The van der Waals surface area contributed by atoms with Crippen LogP contribution in [-0.4, -0.2) is 5.42 Å². The predicted octanol–water partition coefficient (Wildman–Crippen LogP) is 2.78. The maximum atomic E-state index is 3.00. The van der Waals surface area contributed by atoms with Crippen molar-refractivity contribution in [1.29, 1.82) is 0 Å². The molecule has 0 nitrogen and oxygen atoms in total. The number of hydrogen-bond acceptors (Lipinski definition) is 0. The molecule has 0 saturated carbocycles. The van der Waals surface area contributed by atoms with E-state index in [9.17, 15) is 0 Å². The average molecular weight is 200 g/mol. The molecule has 0 N–H and O–H groups in total. The second-order valence-corrected chi connectivity index (χ2v) is 1.92. The molecule has 0 bridgehead atoms. The largest absolute Gasteiger partial charge is 0.214 e. The van der Waals surface area contributed by atoms with Crippen LogP contribution in [0.5, 0.6) is 0 Å². The SMILES string of the molecule is [CH2]=[Fe].c1cc[cH-]c1.c1cc[cH-]c1. The van der Waals surface area contributed by atoms with Gasteiger partial charge in [0.05, 0.1) is 0 Å². The Hall–Kier alpha value is -0.911. The smallest absolute Gasteiger partial charge is 0.172 e. The Bertz CT molecular complexity index is 157. The van der Waals surface area contributed by atoms with Gasteiger partial charge in [-0.15, -0.1) is 0 Å². The number of rotatable bonds is 0. The third kappa shape index (κ3) is 7.20. The molecular weight excluding hydrogens is 188 g/mol. The van der Waals surface area contributed by atoms with Gasteiger partial charge in [-0.2, -0.15) is 36.4 Å². The maximum Gasteiger partial charge on any atom is -0.172 e. The fourth-order valence-corrected chi connectivity index (χ4v) is 0.642. The van der Waals surface area contributed by atoms with Crippen LogP contribution < -0.4 is 0 Å². The normalized spacial score (nSPS) is 7.08. The summed E-state index contributed by atoms with van der Waals surface area (Å²) in [7, 11) is 0. The third-order valence-corrected chi connectivity index (χ3v) is 1.11. The molecule has 0 aromatic heterocycles. The van der Waals surface area contributed by atoms with Gasteiger partial charge in [-0.25, -0.2) is 24.3 Å². The Morgan fingerprint density at radius 1 is 0.667 bits per heavy atom. The molecule has 0 heterocycles. The van der Waals surface area contributed by atoms with Crippen molar-refractivity contribution in [2.45, 2.75) is 0 Å². The molecule has 2 aromatic carbocycles. The van der Waals surface area contributed by atoms with E-state index in [1.54, 1.807) is 0 Å². The molecule has 2 rings (SSSR count). The standard InChI is InChI=1S/2C5H5.CH2.Fe/c2*1-2-4-5-3-1;;/h2*1-5H;1H2;/q2*-1;;. The Balaban J connectivity index is 0.000000168. The van der Waals surface area contributed by atoms with Crippen LogP contribution in [0.15, 0.2) is 60.7 Å². The van der Waals surface area contributed by atoms with E-state index in [1.165, 1.54) is 0 Å². The van der Waals surface area contributed by atoms with E-state index in [-0.39, 0.29) is 0 Å². The number of hydrogen-bond donors (Lipinski definition) is 0. The van der Waals surface area contributed by atoms with Crippen molar-refractivity contribution >= 4 is 5.42 Å². The first kappa shape index (κ1) is 11.1. The van der Waals surface area contributed by atoms with Crippen LogP contribution in [0.3, 0.4) is 0 Å². The summed E-state index contributed by atoms with van der Waals surface area (Å²) in [5.41, 5.74) is 3.00. The molecule has 0 spiro atoms. The first-order chi connectivity index (χ1) is 6.00. The average Bonchev–Trinajstić information content (AvgIpc) is 2.87. The van der Waals surface area contributed by atoms with Crippen LogP contribution in [0.1, 0.15) is 0 Å². The molecule has 66 valence electrons. The van der Waals surface area contributed by atoms with Gasteiger partial charge >= 0.3 is 21.0 Å². The minimum atomic E-state index is 2.00. The Morgan fingerprint density at radius 3 is 1.00 bits per heavy atom. The molecule has 12 heavy (non-hydrogen) atoms. The minimum absolute atomic E-state index is 2.00. The molecule has 0 aliphatic rings. The summed E-state index contributed by atoms with van der Waals surface area (Å²) in [6.07, 6.45) is 0. The van der Waals surface area contributed by atoms with Gasteiger partial charge in [0, 0.05) is 0 Å². The van der Waals surface area contributed by atoms with Gasteiger partial charge in [0.2, 0.25) is 0 Å². The van der Waals surface area contributed by atoms with Gasteiger partial charge in [0.25, 0.3) is 0 Å². The molecule has 0 atom stereocenters. The Kier molecular flexibility index (Phi) is 9.32. The zero-order valence-electron chi connectivity index (χ0n) is 6.83. The van der Waals surface area contributed by atoms with E-state index < -0.39 is 0 Å². The van der Waals surface area contributed by atoms with E-state index in [0.29, 0.717) is 0 Å². The van der Waals surface area contributed by atoms with Crippen molar-refractivity contribution in [3.63, 3.8) is 0 Å². The fraction of sp³-hybridized carbons (Fsp3) is 0. The molecule has 0 radical (unpaired) electrons. The van der Waals surface area contributed by atoms with Crippen LogP contribution in [0.4, 0.5) is 0 Å². The zero-order valence-corrected chi connectivity index (χ0v) is 7.94. The predicted molar refractivity (Wildman–Crippen MR) is 51.2 cm³/mol. The third-order valence-electron chi connectivity index (χ3n) is 1.11. The van der Waals surface area contributed by atoms with Crippen molar-refractivity contribution in [3.05, 3.63) is 60.7 Å². The summed E-state index contributed by atoms with van der Waals surface area (Å²) in [5.74, 6) is 0. The van der Waals surface area contributed by atoms with Crippen molar-refractivity contribution in [1.82, 2.24) is 0 Å². The second-order valence-electron chi connectivity index (χ2n) is 1.92. The molecule has 0 aliphatic carbocycles. The van der Waals surface area contributed by atoms with Gasteiger partial charge in [0.15, 0.2) is 0 Å². The van der Waals surface area contributed by atoms with E-state index in [0.717, 1.165) is 0 Å². The summed E-state index contributed by atoms with van der Waals surface area (Å²) in [4.78, 5) is 0. The van der Waals surface area contributed by atoms with Crippen LogP contribution in [-0.2, 0) is 15.6 Å².